The molecule has 5 atom stereocenters. The summed E-state index contributed by atoms with van der Waals surface area (Å²) < 4.78 is 27.2. The van der Waals surface area contributed by atoms with E-state index in [4.69, 9.17) is 0 Å². The molecule has 3 N–H and O–H groups in total. The highest BCUT2D eigenvalue weighted by molar-refractivity contribution is 5.72. The number of aliphatic hydroxyl groups excluding tert-OH is 1. The van der Waals surface area contributed by atoms with Crippen LogP contribution in [0.1, 0.15) is 32.6 Å². The molecule has 2 aliphatic carbocycles. The van der Waals surface area contributed by atoms with Crippen LogP contribution in [0.25, 0.3) is 11.3 Å². The Balaban J connectivity index is 1.60. The number of nitrogens with one attached hydrogen (secondary N) is 2. The number of halogens is 2. The Morgan fingerprint density at radius 1 is 1.21 bits per heavy atom. The third kappa shape index (κ3) is 3.92. The molecule has 2 heterocycles. The Morgan fingerprint density at radius 2 is 2.07 bits per heavy atom. The van der Waals surface area contributed by atoms with E-state index in [1.165, 1.54) is 6.07 Å². The van der Waals surface area contributed by atoms with Gasteiger partial charge in [-0.15, -0.1) is 0 Å². The lowest BCUT2D eigenvalue weighted by Crippen LogP contribution is -2.31. The standard InChI is InChI=1S/C20H25F2N5O/c1-2-13(21)9-23-20-24-10-14(15-4-3-5-18(22)25-15)19(27-20)26-16-7-12-6-11(16)8-17(12)28/h3-5,10-13,16-17,28H,2,6-9H2,1H3,(H2,23,24,26,27). The molecule has 0 amide bonds. The lowest BCUT2D eigenvalue weighted by Gasteiger charge is -2.27. The fraction of sp³-hybridized carbons (Fsp3) is 0.550. The summed E-state index contributed by atoms with van der Waals surface area (Å²) >= 11 is 0. The van der Waals surface area contributed by atoms with E-state index in [0.717, 1.165) is 19.3 Å². The van der Waals surface area contributed by atoms with Gasteiger partial charge in [0.25, 0.3) is 0 Å². The van der Waals surface area contributed by atoms with Gasteiger partial charge in [0, 0.05) is 18.8 Å². The Kier molecular flexibility index (Phi) is 5.39. The SMILES string of the molecule is CCC(F)CNc1ncc(-c2cccc(F)n2)c(NC2CC3CC2CC3O)n1. The third-order valence-corrected chi connectivity index (χ3v) is 5.85. The van der Waals surface area contributed by atoms with Gasteiger partial charge in [-0.3, -0.25) is 0 Å². The molecule has 28 heavy (non-hydrogen) atoms. The minimum Gasteiger partial charge on any atom is -0.393 e. The highest BCUT2D eigenvalue weighted by atomic mass is 19.1. The molecular formula is C20H25F2N5O. The van der Waals surface area contributed by atoms with Gasteiger partial charge in [-0.25, -0.2) is 14.4 Å². The van der Waals surface area contributed by atoms with Crippen LogP contribution in [0.15, 0.2) is 24.4 Å². The van der Waals surface area contributed by atoms with Crippen molar-refractivity contribution in [3.05, 3.63) is 30.3 Å². The van der Waals surface area contributed by atoms with Crippen molar-refractivity contribution in [1.29, 1.82) is 0 Å². The number of rotatable bonds is 7. The number of pyridine rings is 1. The minimum absolute atomic E-state index is 0.133. The molecule has 0 aromatic carbocycles. The molecule has 2 fully saturated rings. The maximum atomic E-state index is 13.6. The van der Waals surface area contributed by atoms with Crippen molar-refractivity contribution < 1.29 is 13.9 Å². The third-order valence-electron chi connectivity index (χ3n) is 5.85. The number of aliphatic hydroxyl groups is 1. The van der Waals surface area contributed by atoms with Crippen LogP contribution >= 0.6 is 0 Å². The lowest BCUT2D eigenvalue weighted by atomic mass is 9.93. The summed E-state index contributed by atoms with van der Waals surface area (Å²) in [5, 5.41) is 16.4. The van der Waals surface area contributed by atoms with Crippen LogP contribution in [0.4, 0.5) is 20.5 Å². The van der Waals surface area contributed by atoms with Gasteiger partial charge >= 0.3 is 0 Å². The van der Waals surface area contributed by atoms with E-state index in [9.17, 15) is 13.9 Å². The number of hydrogen-bond acceptors (Lipinski definition) is 6. The van der Waals surface area contributed by atoms with Crippen LogP contribution in [-0.2, 0) is 0 Å². The first-order valence-electron chi connectivity index (χ1n) is 9.86. The molecule has 8 heteroatoms. The summed E-state index contributed by atoms with van der Waals surface area (Å²) in [6.07, 6.45) is 3.46. The van der Waals surface area contributed by atoms with Gasteiger partial charge in [0.05, 0.1) is 17.4 Å². The first-order chi connectivity index (χ1) is 13.5. The van der Waals surface area contributed by atoms with Crippen molar-refractivity contribution in [1.82, 2.24) is 15.0 Å². The first kappa shape index (κ1) is 19.0. The van der Waals surface area contributed by atoms with Crippen LogP contribution in [-0.4, -0.2) is 44.9 Å². The molecule has 2 bridgehead atoms. The zero-order chi connectivity index (χ0) is 19.7. The van der Waals surface area contributed by atoms with Gasteiger partial charge in [0.15, 0.2) is 0 Å². The fourth-order valence-electron chi connectivity index (χ4n) is 4.27. The van der Waals surface area contributed by atoms with Crippen molar-refractivity contribution in [2.24, 2.45) is 11.8 Å². The topological polar surface area (TPSA) is 83.0 Å². The van der Waals surface area contributed by atoms with Crippen molar-refractivity contribution >= 4 is 11.8 Å². The van der Waals surface area contributed by atoms with Crippen LogP contribution in [0, 0.1) is 17.8 Å². The van der Waals surface area contributed by atoms with E-state index in [-0.39, 0.29) is 18.7 Å². The summed E-state index contributed by atoms with van der Waals surface area (Å²) in [7, 11) is 0. The molecule has 0 aliphatic heterocycles. The van der Waals surface area contributed by atoms with Crippen LogP contribution < -0.4 is 10.6 Å². The maximum Gasteiger partial charge on any atom is 0.224 e. The molecular weight excluding hydrogens is 364 g/mol. The van der Waals surface area contributed by atoms with Gasteiger partial charge in [0.2, 0.25) is 11.9 Å². The van der Waals surface area contributed by atoms with Crippen molar-refractivity contribution in [3.8, 4) is 11.3 Å². The summed E-state index contributed by atoms with van der Waals surface area (Å²) in [4.78, 5) is 12.7. The van der Waals surface area contributed by atoms with Crippen LogP contribution in [0.3, 0.4) is 0 Å². The molecule has 2 saturated carbocycles. The second kappa shape index (κ2) is 7.95. The Labute approximate surface area is 162 Å². The Hall–Kier alpha value is -2.35. The monoisotopic (exact) mass is 389 g/mol. The molecule has 2 aliphatic rings. The van der Waals surface area contributed by atoms with E-state index in [1.54, 1.807) is 25.3 Å². The quantitative estimate of drug-likeness (QED) is 0.630. The predicted molar refractivity (Wildman–Crippen MR) is 103 cm³/mol. The molecule has 6 nitrogen and oxygen atoms in total. The van der Waals surface area contributed by atoms with E-state index >= 15 is 0 Å². The molecule has 4 rings (SSSR count). The largest absolute Gasteiger partial charge is 0.393 e. The number of aromatic nitrogens is 3. The molecule has 5 unspecified atom stereocenters. The summed E-state index contributed by atoms with van der Waals surface area (Å²) in [5.41, 5.74) is 1.04. The van der Waals surface area contributed by atoms with E-state index in [0.29, 0.717) is 41.3 Å². The van der Waals surface area contributed by atoms with Gasteiger partial charge in [-0.2, -0.15) is 9.37 Å². The molecule has 0 radical (unpaired) electrons. The smallest absolute Gasteiger partial charge is 0.224 e. The van der Waals surface area contributed by atoms with E-state index in [2.05, 4.69) is 25.6 Å². The second-order valence-electron chi connectivity index (χ2n) is 7.73. The average Bonchev–Trinajstić information content (AvgIpc) is 3.25. The molecule has 2 aromatic heterocycles. The highest BCUT2D eigenvalue weighted by Gasteiger charge is 2.45. The van der Waals surface area contributed by atoms with Gasteiger partial charge in [-0.05, 0) is 49.7 Å². The lowest BCUT2D eigenvalue weighted by molar-refractivity contribution is 0.110. The minimum atomic E-state index is -0.975. The zero-order valence-corrected chi connectivity index (χ0v) is 15.8. The highest BCUT2D eigenvalue weighted by Crippen LogP contribution is 2.46. The molecule has 2 aromatic rings. The van der Waals surface area contributed by atoms with Crippen molar-refractivity contribution in [2.75, 3.05) is 17.2 Å². The number of alkyl halides is 1. The molecule has 0 spiro atoms. The van der Waals surface area contributed by atoms with Gasteiger partial charge in [-0.1, -0.05) is 13.0 Å². The molecule has 150 valence electrons. The number of hydrogen-bond donors (Lipinski definition) is 3. The summed E-state index contributed by atoms with van der Waals surface area (Å²) in [5.74, 6) is 0.998. The number of anilines is 2. The maximum absolute atomic E-state index is 13.6. The normalized spacial score (nSPS) is 27.0. The van der Waals surface area contributed by atoms with Gasteiger partial charge in [0.1, 0.15) is 12.0 Å². The first-order valence-corrected chi connectivity index (χ1v) is 9.86. The fourth-order valence-corrected chi connectivity index (χ4v) is 4.27. The summed E-state index contributed by atoms with van der Waals surface area (Å²) in [6.45, 7) is 1.91. The van der Waals surface area contributed by atoms with Crippen molar-refractivity contribution in [3.63, 3.8) is 0 Å². The average molecular weight is 389 g/mol. The van der Waals surface area contributed by atoms with Crippen LogP contribution in [0.2, 0.25) is 0 Å². The second-order valence-corrected chi connectivity index (χ2v) is 7.73. The molecule has 0 saturated heterocycles. The summed E-state index contributed by atoms with van der Waals surface area (Å²) in [6, 6.07) is 4.78. The number of fused-ring (bicyclic) bond motifs is 2. The Bertz CT molecular complexity index is 834. The van der Waals surface area contributed by atoms with Crippen molar-refractivity contribution in [2.45, 2.75) is 50.9 Å². The predicted octanol–water partition coefficient (Wildman–Crippen LogP) is 3.41. The van der Waals surface area contributed by atoms with E-state index < -0.39 is 12.1 Å². The van der Waals surface area contributed by atoms with E-state index in [1.807, 2.05) is 0 Å². The van der Waals surface area contributed by atoms with Gasteiger partial charge < -0.3 is 15.7 Å². The number of nitrogens with zero attached hydrogens (tertiary/aromatic N) is 3. The zero-order valence-electron chi connectivity index (χ0n) is 15.8. The Morgan fingerprint density at radius 3 is 2.75 bits per heavy atom. The van der Waals surface area contributed by atoms with Crippen LogP contribution in [0.5, 0.6) is 0 Å².